The Hall–Kier alpha value is -1.42. The molecule has 1 aliphatic carbocycles. The van der Waals surface area contributed by atoms with Crippen molar-refractivity contribution < 1.29 is 4.79 Å². The Morgan fingerprint density at radius 2 is 1.94 bits per heavy atom. The van der Waals surface area contributed by atoms with Gasteiger partial charge >= 0.3 is 0 Å². The van der Waals surface area contributed by atoms with Gasteiger partial charge in [-0.1, -0.05) is 19.1 Å². The van der Waals surface area contributed by atoms with Gasteiger partial charge in [-0.15, -0.1) is 0 Å². The highest BCUT2D eigenvalue weighted by molar-refractivity contribution is 7.80. The second-order valence-corrected chi connectivity index (χ2v) is 5.37. The van der Waals surface area contributed by atoms with Crippen molar-refractivity contribution in [3.8, 4) is 0 Å². The lowest BCUT2D eigenvalue weighted by molar-refractivity contribution is -0.122. The Morgan fingerprint density at radius 1 is 1.39 bits per heavy atom. The summed E-state index contributed by atoms with van der Waals surface area (Å²) in [4.78, 5) is 14.3. The topological polar surface area (TPSA) is 46.3 Å². The van der Waals surface area contributed by atoms with Crippen molar-refractivity contribution in [3.05, 3.63) is 29.8 Å². The number of rotatable bonds is 4. The van der Waals surface area contributed by atoms with Crippen LogP contribution in [0.5, 0.6) is 0 Å². The van der Waals surface area contributed by atoms with Crippen molar-refractivity contribution in [2.75, 3.05) is 11.9 Å². The van der Waals surface area contributed by atoms with Gasteiger partial charge in [-0.05, 0) is 43.0 Å². The molecule has 2 N–H and O–H groups in total. The van der Waals surface area contributed by atoms with Crippen molar-refractivity contribution in [2.45, 2.75) is 19.8 Å². The fourth-order valence-corrected chi connectivity index (χ4v) is 2.22. The molecule has 0 aliphatic heterocycles. The third kappa shape index (κ3) is 2.70. The van der Waals surface area contributed by atoms with Gasteiger partial charge in [-0.2, -0.15) is 0 Å². The number of carbonyl (C=O) groups is 1. The summed E-state index contributed by atoms with van der Waals surface area (Å²) in [5.74, 6) is 0.877. The van der Waals surface area contributed by atoms with Crippen molar-refractivity contribution >= 4 is 28.8 Å². The van der Waals surface area contributed by atoms with Crippen LogP contribution in [0.2, 0.25) is 0 Å². The number of hydrogen-bond acceptors (Lipinski definition) is 2. The normalized spacial score (nSPS) is 16.1. The van der Waals surface area contributed by atoms with E-state index in [4.69, 9.17) is 18.0 Å². The third-order valence-electron chi connectivity index (χ3n) is 3.59. The van der Waals surface area contributed by atoms with Crippen molar-refractivity contribution in [1.29, 1.82) is 0 Å². The summed E-state index contributed by atoms with van der Waals surface area (Å²) in [7, 11) is 1.82. The number of amides is 1. The zero-order valence-electron chi connectivity index (χ0n) is 10.7. The summed E-state index contributed by atoms with van der Waals surface area (Å²) >= 11 is 4.90. The van der Waals surface area contributed by atoms with Crippen LogP contribution in [0.3, 0.4) is 0 Å². The molecule has 96 valence electrons. The molecule has 1 atom stereocenters. The second-order valence-electron chi connectivity index (χ2n) is 4.93. The number of carbonyl (C=O) groups excluding carboxylic acids is 1. The zero-order valence-corrected chi connectivity index (χ0v) is 11.5. The first kappa shape index (κ1) is 13.0. The van der Waals surface area contributed by atoms with Crippen LogP contribution in [0.15, 0.2) is 24.3 Å². The first-order valence-electron chi connectivity index (χ1n) is 6.18. The summed E-state index contributed by atoms with van der Waals surface area (Å²) in [6, 6.07) is 7.46. The summed E-state index contributed by atoms with van der Waals surface area (Å²) in [6.45, 7) is 2.01. The van der Waals surface area contributed by atoms with Crippen molar-refractivity contribution in [2.24, 2.45) is 17.6 Å². The van der Waals surface area contributed by atoms with Crippen molar-refractivity contribution in [1.82, 2.24) is 0 Å². The first-order chi connectivity index (χ1) is 8.50. The Labute approximate surface area is 113 Å². The largest absolute Gasteiger partial charge is 0.389 e. The minimum Gasteiger partial charge on any atom is -0.389 e. The molecule has 0 radical (unpaired) electrons. The van der Waals surface area contributed by atoms with Crippen LogP contribution in [0.4, 0.5) is 5.69 Å². The van der Waals surface area contributed by atoms with E-state index in [1.807, 2.05) is 38.2 Å². The van der Waals surface area contributed by atoms with Crippen LogP contribution >= 0.6 is 12.2 Å². The molecule has 1 aromatic carbocycles. The SMILES string of the molecule is CC(C(=O)N(C)c1ccc(C(N)=S)cc1)C1CC1. The van der Waals surface area contributed by atoms with Gasteiger partial charge in [0, 0.05) is 24.2 Å². The molecule has 0 heterocycles. The molecule has 4 heteroatoms. The van der Waals surface area contributed by atoms with E-state index >= 15 is 0 Å². The molecule has 18 heavy (non-hydrogen) atoms. The molecule has 0 aromatic heterocycles. The Morgan fingerprint density at radius 3 is 2.39 bits per heavy atom. The van der Waals surface area contributed by atoms with Gasteiger partial charge in [0.05, 0.1) is 0 Å². The molecule has 1 aromatic rings. The van der Waals surface area contributed by atoms with Gasteiger partial charge < -0.3 is 10.6 Å². The molecule has 1 saturated carbocycles. The lowest BCUT2D eigenvalue weighted by Gasteiger charge is -2.21. The number of thiocarbonyl (C=S) groups is 1. The van der Waals surface area contributed by atoms with Gasteiger partial charge in [0.2, 0.25) is 5.91 Å². The number of nitrogens with zero attached hydrogens (tertiary/aromatic N) is 1. The molecular weight excluding hydrogens is 244 g/mol. The van der Waals surface area contributed by atoms with Crippen LogP contribution in [0.1, 0.15) is 25.3 Å². The number of nitrogens with two attached hydrogens (primary N) is 1. The quantitative estimate of drug-likeness (QED) is 0.847. The van der Waals surface area contributed by atoms with Gasteiger partial charge in [0.15, 0.2) is 0 Å². The molecule has 0 spiro atoms. The first-order valence-corrected chi connectivity index (χ1v) is 6.59. The van der Waals surface area contributed by atoms with Crippen LogP contribution in [-0.2, 0) is 4.79 Å². The van der Waals surface area contributed by atoms with Gasteiger partial charge in [-0.25, -0.2) is 0 Å². The van der Waals surface area contributed by atoms with E-state index in [0.717, 1.165) is 11.3 Å². The summed E-state index contributed by atoms with van der Waals surface area (Å²) in [6.07, 6.45) is 2.36. The van der Waals surface area contributed by atoms with E-state index < -0.39 is 0 Å². The smallest absolute Gasteiger partial charge is 0.229 e. The third-order valence-corrected chi connectivity index (χ3v) is 3.82. The average Bonchev–Trinajstić information content (AvgIpc) is 3.20. The van der Waals surface area contributed by atoms with Crippen molar-refractivity contribution in [3.63, 3.8) is 0 Å². The van der Waals surface area contributed by atoms with E-state index in [1.165, 1.54) is 12.8 Å². The maximum absolute atomic E-state index is 12.2. The molecule has 0 saturated heterocycles. The number of anilines is 1. The highest BCUT2D eigenvalue weighted by Gasteiger charge is 2.34. The lowest BCUT2D eigenvalue weighted by Crippen LogP contribution is -2.32. The Kier molecular flexibility index (Phi) is 3.66. The maximum Gasteiger partial charge on any atom is 0.229 e. The molecule has 1 fully saturated rings. The van der Waals surface area contributed by atoms with Gasteiger partial charge in [0.25, 0.3) is 0 Å². The zero-order chi connectivity index (χ0) is 13.3. The van der Waals surface area contributed by atoms with E-state index in [2.05, 4.69) is 0 Å². The van der Waals surface area contributed by atoms with E-state index in [1.54, 1.807) is 4.90 Å². The molecule has 3 nitrogen and oxygen atoms in total. The summed E-state index contributed by atoms with van der Waals surface area (Å²) in [5, 5.41) is 0. The van der Waals surface area contributed by atoms with Crippen LogP contribution in [-0.4, -0.2) is 17.9 Å². The van der Waals surface area contributed by atoms with E-state index in [0.29, 0.717) is 10.9 Å². The standard InChI is InChI=1S/C14H18N2OS/c1-9(10-3-4-10)14(17)16(2)12-7-5-11(6-8-12)13(15)18/h5-10H,3-4H2,1-2H3,(H2,15,18). The number of benzene rings is 1. The lowest BCUT2D eigenvalue weighted by atomic mass is 10.0. The molecule has 1 aliphatic rings. The van der Waals surface area contributed by atoms with Crippen LogP contribution in [0, 0.1) is 11.8 Å². The van der Waals surface area contributed by atoms with Gasteiger partial charge in [0.1, 0.15) is 4.99 Å². The fraction of sp³-hybridized carbons (Fsp3) is 0.429. The highest BCUT2D eigenvalue weighted by Crippen LogP contribution is 2.37. The van der Waals surface area contributed by atoms with E-state index in [9.17, 15) is 4.79 Å². The molecule has 1 unspecified atom stereocenters. The summed E-state index contributed by atoms with van der Waals surface area (Å²) in [5.41, 5.74) is 7.25. The minimum absolute atomic E-state index is 0.116. The van der Waals surface area contributed by atoms with Gasteiger partial charge in [-0.3, -0.25) is 4.79 Å². The summed E-state index contributed by atoms with van der Waals surface area (Å²) < 4.78 is 0. The molecule has 0 bridgehead atoms. The maximum atomic E-state index is 12.2. The fourth-order valence-electron chi connectivity index (χ4n) is 2.08. The van der Waals surface area contributed by atoms with Crippen LogP contribution < -0.4 is 10.6 Å². The van der Waals surface area contributed by atoms with Crippen LogP contribution in [0.25, 0.3) is 0 Å². The van der Waals surface area contributed by atoms with E-state index in [-0.39, 0.29) is 11.8 Å². The Balaban J connectivity index is 2.10. The molecule has 1 amide bonds. The second kappa shape index (κ2) is 5.06. The molecular formula is C14H18N2OS. The Bertz CT molecular complexity index is 465. The molecule has 2 rings (SSSR count). The average molecular weight is 262 g/mol. The monoisotopic (exact) mass is 262 g/mol. The number of hydrogen-bond donors (Lipinski definition) is 1. The minimum atomic E-state index is 0.116. The highest BCUT2D eigenvalue weighted by atomic mass is 32.1. The predicted octanol–water partition coefficient (Wildman–Crippen LogP) is 2.33. The predicted molar refractivity (Wildman–Crippen MR) is 77.6 cm³/mol.